The molecule has 2 heterocycles. The highest BCUT2D eigenvalue weighted by Gasteiger charge is 2.34. The van der Waals surface area contributed by atoms with Gasteiger partial charge in [-0.15, -0.1) is 0 Å². The quantitative estimate of drug-likeness (QED) is 0.186. The molecule has 214 valence electrons. The van der Waals surface area contributed by atoms with Gasteiger partial charge in [-0.05, 0) is 86.0 Å². The third kappa shape index (κ3) is 6.07. The van der Waals surface area contributed by atoms with Crippen LogP contribution in [0, 0.1) is 29.2 Å². The van der Waals surface area contributed by atoms with Crippen molar-refractivity contribution >= 4 is 0 Å². The second-order valence-corrected chi connectivity index (χ2v) is 12.0. The van der Waals surface area contributed by atoms with Crippen LogP contribution in [0.2, 0.25) is 0 Å². The summed E-state index contributed by atoms with van der Waals surface area (Å²) < 4.78 is 73.2. The second kappa shape index (κ2) is 12.7. The van der Waals surface area contributed by atoms with Crippen molar-refractivity contribution in [1.82, 2.24) is 0 Å². The molecule has 2 saturated heterocycles. The maximum absolute atomic E-state index is 15.4. The van der Waals surface area contributed by atoms with Gasteiger partial charge in [-0.1, -0.05) is 51.7 Å². The lowest BCUT2D eigenvalue weighted by atomic mass is 9.88. The number of hydrogen-bond donors (Lipinski definition) is 0. The lowest BCUT2D eigenvalue weighted by Crippen LogP contribution is -2.26. The zero-order chi connectivity index (χ0) is 27.5. The summed E-state index contributed by atoms with van der Waals surface area (Å²) in [5.41, 5.74) is 1.38. The Balaban J connectivity index is 1.27. The molecule has 1 aliphatic carbocycles. The van der Waals surface area contributed by atoms with Crippen molar-refractivity contribution in [2.45, 2.75) is 115 Å². The van der Waals surface area contributed by atoms with Gasteiger partial charge in [0.05, 0.1) is 18.8 Å². The fraction of sp³-hybridized carbons (Fsp3) is 0.636. The van der Waals surface area contributed by atoms with E-state index in [0.29, 0.717) is 36.5 Å². The van der Waals surface area contributed by atoms with Crippen LogP contribution in [0.15, 0.2) is 12.1 Å². The molecule has 0 bridgehead atoms. The Morgan fingerprint density at radius 1 is 0.692 bits per heavy atom. The van der Waals surface area contributed by atoms with Gasteiger partial charge in [-0.3, -0.25) is 0 Å². The lowest BCUT2D eigenvalue weighted by Gasteiger charge is -2.29. The van der Waals surface area contributed by atoms with E-state index >= 15 is 17.6 Å². The van der Waals surface area contributed by atoms with Gasteiger partial charge in [0.25, 0.3) is 0 Å². The first-order chi connectivity index (χ1) is 18.9. The standard InChI is InChI=1S/C33H42F4O2/c1-3-5-6-8-20-9-12-26(38-18-20)13-10-21-15-23-16-24-17-27(22-11-14-25(7-4-2)39-19-22)31(35)33(37)29(24)28(23)32(36)30(21)34/h15,17,20,22,25-26H,3-14,16,18-19H2,1-2H3. The zero-order valence-electron chi connectivity index (χ0n) is 23.4. The van der Waals surface area contributed by atoms with Gasteiger partial charge in [0.15, 0.2) is 23.3 Å². The van der Waals surface area contributed by atoms with Crippen molar-refractivity contribution in [3.05, 3.63) is 57.7 Å². The third-order valence-corrected chi connectivity index (χ3v) is 9.15. The van der Waals surface area contributed by atoms with Crippen molar-refractivity contribution in [2.24, 2.45) is 5.92 Å². The molecule has 2 nitrogen and oxygen atoms in total. The fourth-order valence-corrected chi connectivity index (χ4v) is 6.86. The van der Waals surface area contributed by atoms with Crippen LogP contribution < -0.4 is 0 Å². The maximum atomic E-state index is 15.4. The molecule has 0 radical (unpaired) electrons. The van der Waals surface area contributed by atoms with Crippen molar-refractivity contribution in [1.29, 1.82) is 0 Å². The molecule has 0 aromatic heterocycles. The van der Waals surface area contributed by atoms with E-state index < -0.39 is 23.3 Å². The Hall–Kier alpha value is -1.92. The predicted octanol–water partition coefficient (Wildman–Crippen LogP) is 9.19. The first-order valence-electron chi connectivity index (χ1n) is 15.1. The molecular formula is C33H42F4O2. The molecule has 0 saturated carbocycles. The minimum Gasteiger partial charge on any atom is -0.378 e. The number of aryl methyl sites for hydroxylation is 1. The first-order valence-corrected chi connectivity index (χ1v) is 15.1. The smallest absolute Gasteiger partial charge is 0.167 e. The van der Waals surface area contributed by atoms with Crippen molar-refractivity contribution in [2.75, 3.05) is 13.2 Å². The number of unbranched alkanes of at least 4 members (excludes halogenated alkanes) is 2. The zero-order valence-corrected chi connectivity index (χ0v) is 23.4. The highest BCUT2D eigenvalue weighted by atomic mass is 19.2. The summed E-state index contributed by atoms with van der Waals surface area (Å²) in [5, 5.41) is 0. The summed E-state index contributed by atoms with van der Waals surface area (Å²) in [6.07, 6.45) is 11.9. The molecule has 3 aliphatic rings. The Morgan fingerprint density at radius 3 is 2.05 bits per heavy atom. The van der Waals surface area contributed by atoms with Crippen molar-refractivity contribution < 1.29 is 27.0 Å². The van der Waals surface area contributed by atoms with Gasteiger partial charge in [0.1, 0.15) is 0 Å². The second-order valence-electron chi connectivity index (χ2n) is 12.0. The summed E-state index contributed by atoms with van der Waals surface area (Å²) in [7, 11) is 0. The van der Waals surface area contributed by atoms with E-state index in [1.807, 2.05) is 0 Å². The third-order valence-electron chi connectivity index (χ3n) is 9.15. The van der Waals surface area contributed by atoms with Crippen LogP contribution in [0.3, 0.4) is 0 Å². The van der Waals surface area contributed by atoms with Crippen LogP contribution >= 0.6 is 0 Å². The monoisotopic (exact) mass is 546 g/mol. The van der Waals surface area contributed by atoms with Crippen LogP contribution in [0.5, 0.6) is 0 Å². The summed E-state index contributed by atoms with van der Waals surface area (Å²) >= 11 is 0. The molecule has 0 amide bonds. The van der Waals surface area contributed by atoms with Gasteiger partial charge in [0.2, 0.25) is 0 Å². The average Bonchev–Trinajstić information content (AvgIpc) is 3.32. The minimum absolute atomic E-state index is 0.0454. The predicted molar refractivity (Wildman–Crippen MR) is 146 cm³/mol. The Morgan fingerprint density at radius 2 is 1.38 bits per heavy atom. The van der Waals surface area contributed by atoms with Crippen LogP contribution in [-0.2, 0) is 22.3 Å². The minimum atomic E-state index is -1.08. The van der Waals surface area contributed by atoms with E-state index in [1.165, 1.54) is 25.7 Å². The van der Waals surface area contributed by atoms with Gasteiger partial charge >= 0.3 is 0 Å². The summed E-state index contributed by atoms with van der Waals surface area (Å²) in [5.74, 6) is -3.71. The first kappa shape index (κ1) is 28.6. The van der Waals surface area contributed by atoms with E-state index in [4.69, 9.17) is 9.47 Å². The average molecular weight is 547 g/mol. The van der Waals surface area contributed by atoms with Crippen LogP contribution in [-0.4, -0.2) is 25.4 Å². The number of benzene rings is 2. The van der Waals surface area contributed by atoms with E-state index in [2.05, 4.69) is 13.8 Å². The SMILES string of the molecule is CCCCCC1CCC(CCc2cc3c(c(F)c2F)-c2c(cc(C4CCC(CCC)OC4)c(F)c2F)C3)OC1. The lowest BCUT2D eigenvalue weighted by molar-refractivity contribution is -0.0220. The van der Waals surface area contributed by atoms with Crippen molar-refractivity contribution in [3.63, 3.8) is 0 Å². The van der Waals surface area contributed by atoms with Crippen LogP contribution in [0.25, 0.3) is 11.1 Å². The molecule has 2 aromatic rings. The van der Waals surface area contributed by atoms with E-state index in [1.54, 1.807) is 12.1 Å². The Labute approximate surface area is 230 Å². The molecule has 0 N–H and O–H groups in total. The largest absolute Gasteiger partial charge is 0.378 e. The maximum Gasteiger partial charge on any atom is 0.167 e. The Bertz CT molecular complexity index is 1150. The number of rotatable bonds is 10. The molecule has 2 aromatic carbocycles. The van der Waals surface area contributed by atoms with Crippen molar-refractivity contribution in [3.8, 4) is 11.1 Å². The fourth-order valence-electron chi connectivity index (χ4n) is 6.86. The normalized spacial score (nSPS) is 24.6. The molecule has 2 aliphatic heterocycles. The number of ether oxygens (including phenoxy) is 2. The molecule has 5 rings (SSSR count). The van der Waals surface area contributed by atoms with E-state index in [-0.39, 0.29) is 46.8 Å². The molecular weight excluding hydrogens is 504 g/mol. The summed E-state index contributed by atoms with van der Waals surface area (Å²) in [4.78, 5) is 0. The molecule has 39 heavy (non-hydrogen) atoms. The number of fused-ring (bicyclic) bond motifs is 3. The molecule has 2 fully saturated rings. The molecule has 4 atom stereocenters. The highest BCUT2D eigenvalue weighted by molar-refractivity contribution is 5.79. The molecule has 0 spiro atoms. The topological polar surface area (TPSA) is 18.5 Å². The van der Waals surface area contributed by atoms with Gasteiger partial charge < -0.3 is 9.47 Å². The van der Waals surface area contributed by atoms with Gasteiger partial charge in [-0.25, -0.2) is 17.6 Å². The molecule has 4 unspecified atom stereocenters. The summed E-state index contributed by atoms with van der Waals surface area (Å²) in [6.45, 7) is 5.39. The number of halogens is 4. The highest BCUT2D eigenvalue weighted by Crippen LogP contribution is 2.45. The van der Waals surface area contributed by atoms with Crippen LogP contribution in [0.4, 0.5) is 17.6 Å². The van der Waals surface area contributed by atoms with Gasteiger partial charge in [-0.2, -0.15) is 0 Å². The number of hydrogen-bond acceptors (Lipinski definition) is 2. The molecule has 6 heteroatoms. The Kier molecular flexibility index (Phi) is 9.33. The van der Waals surface area contributed by atoms with E-state index in [9.17, 15) is 0 Å². The van der Waals surface area contributed by atoms with Crippen LogP contribution in [0.1, 0.15) is 113 Å². The van der Waals surface area contributed by atoms with E-state index in [0.717, 1.165) is 45.1 Å². The summed E-state index contributed by atoms with van der Waals surface area (Å²) in [6, 6.07) is 3.31. The van der Waals surface area contributed by atoms with Gasteiger partial charge in [0, 0.05) is 23.7 Å².